The molecule has 2 aliphatic heterocycles. The van der Waals surface area contributed by atoms with E-state index in [0.29, 0.717) is 12.1 Å². The number of hydrogen-bond donors (Lipinski definition) is 0. The van der Waals surface area contributed by atoms with Gasteiger partial charge in [0, 0.05) is 18.6 Å². The molecule has 1 aromatic rings. The van der Waals surface area contributed by atoms with Gasteiger partial charge in [-0.3, -0.25) is 4.79 Å². The molecule has 3 heterocycles. The molecule has 2 atom stereocenters. The van der Waals surface area contributed by atoms with Crippen molar-refractivity contribution in [2.45, 2.75) is 64.5 Å². The summed E-state index contributed by atoms with van der Waals surface area (Å²) in [6.07, 6.45) is 6.85. The minimum absolute atomic E-state index is 0.222. The van der Waals surface area contributed by atoms with Gasteiger partial charge in [-0.2, -0.15) is 0 Å². The summed E-state index contributed by atoms with van der Waals surface area (Å²) in [5.41, 5.74) is 0.920. The molecule has 4 nitrogen and oxygen atoms in total. The Hall–Kier alpha value is -0.940. The highest BCUT2D eigenvalue weighted by atomic mass is 32.1. The lowest BCUT2D eigenvalue weighted by Crippen LogP contribution is -2.47. The Morgan fingerprint density at radius 2 is 2.00 bits per heavy atom. The minimum Gasteiger partial charge on any atom is -0.333 e. The Labute approximate surface area is 137 Å². The Kier molecular flexibility index (Phi) is 4.83. The summed E-state index contributed by atoms with van der Waals surface area (Å²) in [4.78, 5) is 23.1. The third kappa shape index (κ3) is 2.93. The smallest absolute Gasteiger partial charge is 0.266 e. The van der Waals surface area contributed by atoms with Crippen LogP contribution in [-0.2, 0) is 6.42 Å². The molecule has 3 rings (SSSR count). The second kappa shape index (κ2) is 6.67. The lowest BCUT2D eigenvalue weighted by Gasteiger charge is -2.33. The molecule has 0 saturated carbocycles. The van der Waals surface area contributed by atoms with Crippen LogP contribution in [0.4, 0.5) is 0 Å². The molecule has 0 unspecified atom stereocenters. The van der Waals surface area contributed by atoms with E-state index in [2.05, 4.69) is 28.8 Å². The molecule has 0 aliphatic carbocycles. The highest BCUT2D eigenvalue weighted by Crippen LogP contribution is 2.31. The highest BCUT2D eigenvalue weighted by Gasteiger charge is 2.39. The van der Waals surface area contributed by atoms with Crippen molar-refractivity contribution in [1.82, 2.24) is 14.8 Å². The molecule has 0 radical (unpaired) electrons. The normalized spacial score (nSPS) is 26.0. The van der Waals surface area contributed by atoms with Crippen LogP contribution in [0.3, 0.4) is 0 Å². The van der Waals surface area contributed by atoms with E-state index in [4.69, 9.17) is 0 Å². The van der Waals surface area contributed by atoms with E-state index < -0.39 is 0 Å². The van der Waals surface area contributed by atoms with Gasteiger partial charge < -0.3 is 9.80 Å². The van der Waals surface area contributed by atoms with Crippen molar-refractivity contribution in [1.29, 1.82) is 0 Å². The monoisotopic (exact) mass is 321 g/mol. The fourth-order valence-electron chi connectivity index (χ4n) is 3.97. The first-order chi connectivity index (χ1) is 10.6. The summed E-state index contributed by atoms with van der Waals surface area (Å²) in [5.74, 6) is 0.222. The third-order valence-corrected chi connectivity index (χ3v) is 6.29. The molecule has 2 saturated heterocycles. The summed E-state index contributed by atoms with van der Waals surface area (Å²) in [7, 11) is 2.20. The second-order valence-corrected chi connectivity index (χ2v) is 7.75. The van der Waals surface area contributed by atoms with E-state index in [-0.39, 0.29) is 5.91 Å². The maximum atomic E-state index is 13.0. The van der Waals surface area contributed by atoms with Crippen molar-refractivity contribution in [3.05, 3.63) is 15.6 Å². The van der Waals surface area contributed by atoms with Gasteiger partial charge in [0.25, 0.3) is 5.91 Å². The predicted molar refractivity (Wildman–Crippen MR) is 90.6 cm³/mol. The van der Waals surface area contributed by atoms with Crippen LogP contribution >= 0.6 is 11.3 Å². The van der Waals surface area contributed by atoms with E-state index in [0.717, 1.165) is 47.8 Å². The molecule has 2 aliphatic rings. The van der Waals surface area contributed by atoms with Crippen LogP contribution in [0.1, 0.15) is 59.4 Å². The van der Waals surface area contributed by atoms with E-state index in [1.165, 1.54) is 19.4 Å². The molecule has 122 valence electrons. The van der Waals surface area contributed by atoms with Crippen molar-refractivity contribution < 1.29 is 4.79 Å². The van der Waals surface area contributed by atoms with Crippen molar-refractivity contribution in [3.63, 3.8) is 0 Å². The summed E-state index contributed by atoms with van der Waals surface area (Å²) in [6, 6.07) is 0.950. The van der Waals surface area contributed by atoms with Crippen LogP contribution in [0.15, 0.2) is 0 Å². The summed E-state index contributed by atoms with van der Waals surface area (Å²) in [6.45, 7) is 6.22. The molecule has 0 bridgehead atoms. The Morgan fingerprint density at radius 3 is 2.68 bits per heavy atom. The Morgan fingerprint density at radius 1 is 1.27 bits per heavy atom. The number of rotatable bonds is 4. The lowest BCUT2D eigenvalue weighted by molar-refractivity contribution is 0.0668. The Balaban J connectivity index is 1.78. The van der Waals surface area contributed by atoms with Gasteiger partial charge in [-0.1, -0.05) is 6.92 Å². The van der Waals surface area contributed by atoms with Gasteiger partial charge in [-0.05, 0) is 59.0 Å². The van der Waals surface area contributed by atoms with Crippen LogP contribution in [0.5, 0.6) is 0 Å². The summed E-state index contributed by atoms with van der Waals surface area (Å²) in [5, 5.41) is 1.11. The number of thiazole rings is 1. The quantitative estimate of drug-likeness (QED) is 0.855. The van der Waals surface area contributed by atoms with Gasteiger partial charge in [0.1, 0.15) is 4.88 Å². The molecule has 22 heavy (non-hydrogen) atoms. The standard InChI is InChI=1S/C17H27N3OS/c1-4-7-15-18-12(2)16(22-15)17(21)20-11-6-9-14(20)13-8-5-10-19(13)3/h13-14H,4-11H2,1-3H3/t13-,14+/m0/s1. The van der Waals surface area contributed by atoms with Crippen molar-refractivity contribution >= 4 is 17.2 Å². The maximum absolute atomic E-state index is 13.0. The predicted octanol–water partition coefficient (Wildman–Crippen LogP) is 3.10. The van der Waals surface area contributed by atoms with Crippen molar-refractivity contribution in [3.8, 4) is 0 Å². The third-order valence-electron chi connectivity index (χ3n) is 5.08. The summed E-state index contributed by atoms with van der Waals surface area (Å²) >= 11 is 1.61. The highest BCUT2D eigenvalue weighted by molar-refractivity contribution is 7.13. The summed E-state index contributed by atoms with van der Waals surface area (Å²) < 4.78 is 0. The molecule has 0 aromatic carbocycles. The average Bonchev–Trinajstić information content (AvgIpc) is 3.18. The van der Waals surface area contributed by atoms with Crippen LogP contribution < -0.4 is 0 Å². The SMILES string of the molecule is CCCc1nc(C)c(C(=O)N2CCC[C@@H]2[C@@H]2CCCN2C)s1. The zero-order chi connectivity index (χ0) is 15.7. The number of likely N-dealkylation sites (tertiary alicyclic amines) is 2. The van der Waals surface area contributed by atoms with E-state index >= 15 is 0 Å². The molecular weight excluding hydrogens is 294 g/mol. The number of likely N-dealkylation sites (N-methyl/N-ethyl adjacent to an activating group) is 1. The van der Waals surface area contributed by atoms with Crippen molar-refractivity contribution in [2.24, 2.45) is 0 Å². The number of amides is 1. The first kappa shape index (κ1) is 15.9. The van der Waals surface area contributed by atoms with Gasteiger partial charge >= 0.3 is 0 Å². The number of aromatic nitrogens is 1. The van der Waals surface area contributed by atoms with Gasteiger partial charge in [0.15, 0.2) is 0 Å². The lowest BCUT2D eigenvalue weighted by atomic mass is 10.0. The topological polar surface area (TPSA) is 36.4 Å². The van der Waals surface area contributed by atoms with E-state index in [1.807, 2.05) is 6.92 Å². The fraction of sp³-hybridized carbons (Fsp3) is 0.765. The molecule has 5 heteroatoms. The van der Waals surface area contributed by atoms with Crippen LogP contribution in [-0.4, -0.2) is 52.9 Å². The molecule has 1 aromatic heterocycles. The molecule has 2 fully saturated rings. The molecule has 0 spiro atoms. The van der Waals surface area contributed by atoms with Crippen LogP contribution in [0.2, 0.25) is 0 Å². The number of carbonyl (C=O) groups is 1. The molecule has 1 amide bonds. The second-order valence-electron chi connectivity index (χ2n) is 6.67. The average molecular weight is 321 g/mol. The van der Waals surface area contributed by atoms with Gasteiger partial charge in [0.2, 0.25) is 0 Å². The van der Waals surface area contributed by atoms with Crippen molar-refractivity contribution in [2.75, 3.05) is 20.1 Å². The van der Waals surface area contributed by atoms with Gasteiger partial charge in [0.05, 0.1) is 10.7 Å². The molecular formula is C17H27N3OS. The van der Waals surface area contributed by atoms with Crippen LogP contribution in [0.25, 0.3) is 0 Å². The first-order valence-corrected chi connectivity index (χ1v) is 9.41. The number of aryl methyl sites for hydroxylation is 2. The number of nitrogens with zero attached hydrogens (tertiary/aromatic N) is 3. The van der Waals surface area contributed by atoms with Crippen LogP contribution in [0, 0.1) is 6.92 Å². The fourth-order valence-corrected chi connectivity index (χ4v) is 5.09. The first-order valence-electron chi connectivity index (χ1n) is 8.59. The maximum Gasteiger partial charge on any atom is 0.266 e. The molecule has 0 N–H and O–H groups in total. The van der Waals surface area contributed by atoms with E-state index in [1.54, 1.807) is 11.3 Å². The van der Waals surface area contributed by atoms with E-state index in [9.17, 15) is 4.79 Å². The van der Waals surface area contributed by atoms with Gasteiger partial charge in [-0.15, -0.1) is 11.3 Å². The number of carbonyl (C=O) groups excluding carboxylic acids is 1. The Bertz CT molecular complexity index is 542. The van der Waals surface area contributed by atoms with Gasteiger partial charge in [-0.25, -0.2) is 4.98 Å². The zero-order valence-corrected chi connectivity index (χ0v) is 14.8. The minimum atomic E-state index is 0.222. The largest absolute Gasteiger partial charge is 0.333 e. The zero-order valence-electron chi connectivity index (χ0n) is 14.0. The number of hydrogen-bond acceptors (Lipinski definition) is 4.